The summed E-state index contributed by atoms with van der Waals surface area (Å²) in [6.07, 6.45) is 0. The van der Waals surface area contributed by atoms with Crippen molar-refractivity contribution in [3.8, 4) is 11.1 Å². The van der Waals surface area contributed by atoms with Gasteiger partial charge in [0.1, 0.15) is 0 Å². The van der Waals surface area contributed by atoms with Gasteiger partial charge in [0.05, 0.1) is 0 Å². The maximum Gasteiger partial charge on any atom is 0.0468 e. The van der Waals surface area contributed by atoms with E-state index in [0.29, 0.717) is 0 Å². The van der Waals surface area contributed by atoms with Crippen molar-refractivity contribution in [3.63, 3.8) is 0 Å². The van der Waals surface area contributed by atoms with Crippen LogP contribution in [-0.2, 0) is 5.41 Å². The maximum atomic E-state index is 2.42. The smallest absolute Gasteiger partial charge is 0.0468 e. The van der Waals surface area contributed by atoms with Gasteiger partial charge in [0, 0.05) is 22.5 Å². The highest BCUT2D eigenvalue weighted by atomic mass is 15.1. The van der Waals surface area contributed by atoms with Gasteiger partial charge >= 0.3 is 0 Å². The Labute approximate surface area is 270 Å². The third-order valence-corrected chi connectivity index (χ3v) is 10.2. The van der Waals surface area contributed by atoms with E-state index in [1.807, 2.05) is 0 Å². The first-order valence-electron chi connectivity index (χ1n) is 16.3. The number of fused-ring (bicyclic) bond motifs is 13. The Morgan fingerprint density at radius 1 is 0.435 bits per heavy atom. The Kier molecular flexibility index (Phi) is 5.74. The number of nitrogens with zero attached hydrogens (tertiary/aromatic N) is 1. The molecule has 8 aromatic carbocycles. The number of hydrogen-bond donors (Lipinski definition) is 0. The molecule has 0 aromatic heterocycles. The average Bonchev–Trinajstić information content (AvgIpc) is 3.31. The lowest BCUT2D eigenvalue weighted by Crippen LogP contribution is -2.15. The molecule has 1 aliphatic rings. The van der Waals surface area contributed by atoms with Crippen LogP contribution < -0.4 is 4.90 Å². The highest BCUT2D eigenvalue weighted by molar-refractivity contribution is 6.35. The Balaban J connectivity index is 1.44. The third kappa shape index (κ3) is 3.75. The van der Waals surface area contributed by atoms with Crippen molar-refractivity contribution in [2.24, 2.45) is 0 Å². The summed E-state index contributed by atoms with van der Waals surface area (Å²) in [5.74, 6) is 0. The molecule has 220 valence electrons. The largest absolute Gasteiger partial charge is 0.310 e. The molecule has 0 fully saturated rings. The van der Waals surface area contributed by atoms with E-state index in [9.17, 15) is 0 Å². The van der Waals surface area contributed by atoms with E-state index in [4.69, 9.17) is 0 Å². The van der Waals surface area contributed by atoms with Crippen molar-refractivity contribution in [1.82, 2.24) is 0 Å². The Bertz CT molecular complexity index is 2490. The quantitative estimate of drug-likeness (QED) is 0.185. The van der Waals surface area contributed by atoms with Gasteiger partial charge in [-0.15, -0.1) is 0 Å². The summed E-state index contributed by atoms with van der Waals surface area (Å²) in [6.45, 7) is 9.16. The molecule has 0 N–H and O–H groups in total. The summed E-state index contributed by atoms with van der Waals surface area (Å²) in [7, 11) is 0. The van der Waals surface area contributed by atoms with Crippen LogP contribution in [0, 0.1) is 13.8 Å². The van der Waals surface area contributed by atoms with E-state index in [1.54, 1.807) is 0 Å². The number of benzene rings is 8. The topological polar surface area (TPSA) is 3.24 Å². The van der Waals surface area contributed by atoms with Gasteiger partial charge in [-0.2, -0.15) is 0 Å². The molecule has 1 aliphatic carbocycles. The lowest BCUT2D eigenvalue weighted by atomic mass is 9.77. The summed E-state index contributed by atoms with van der Waals surface area (Å²) < 4.78 is 0. The zero-order valence-electron chi connectivity index (χ0n) is 26.7. The van der Waals surface area contributed by atoms with E-state index in [-0.39, 0.29) is 5.41 Å². The van der Waals surface area contributed by atoms with Crippen molar-refractivity contribution in [2.45, 2.75) is 33.1 Å². The van der Waals surface area contributed by atoms with Crippen molar-refractivity contribution in [2.75, 3.05) is 4.90 Å². The van der Waals surface area contributed by atoms with Gasteiger partial charge in [-0.3, -0.25) is 0 Å². The zero-order chi connectivity index (χ0) is 31.2. The predicted molar refractivity (Wildman–Crippen MR) is 198 cm³/mol. The minimum Gasteiger partial charge on any atom is -0.310 e. The molecule has 46 heavy (non-hydrogen) atoms. The second-order valence-corrected chi connectivity index (χ2v) is 13.5. The second-order valence-electron chi connectivity index (χ2n) is 13.5. The van der Waals surface area contributed by atoms with Crippen molar-refractivity contribution < 1.29 is 0 Å². The van der Waals surface area contributed by atoms with Gasteiger partial charge < -0.3 is 4.90 Å². The van der Waals surface area contributed by atoms with Crippen molar-refractivity contribution in [3.05, 3.63) is 162 Å². The van der Waals surface area contributed by atoms with Crippen LogP contribution in [-0.4, -0.2) is 0 Å². The molecule has 0 atom stereocenters. The van der Waals surface area contributed by atoms with Gasteiger partial charge in [-0.1, -0.05) is 117 Å². The molecule has 1 heteroatoms. The molecular formula is C45H35N. The van der Waals surface area contributed by atoms with Crippen LogP contribution in [0.1, 0.15) is 36.1 Å². The number of rotatable bonds is 3. The van der Waals surface area contributed by atoms with E-state index >= 15 is 0 Å². The molecule has 0 heterocycles. The molecular weight excluding hydrogens is 555 g/mol. The van der Waals surface area contributed by atoms with Crippen LogP contribution >= 0.6 is 0 Å². The fourth-order valence-electron chi connectivity index (χ4n) is 8.30. The minimum atomic E-state index is -0.127. The van der Waals surface area contributed by atoms with E-state index < -0.39 is 0 Å². The highest BCUT2D eigenvalue weighted by Gasteiger charge is 2.39. The Morgan fingerprint density at radius 3 is 1.65 bits per heavy atom. The monoisotopic (exact) mass is 589 g/mol. The number of anilines is 3. The van der Waals surface area contributed by atoms with E-state index in [1.165, 1.54) is 76.5 Å². The first-order valence-corrected chi connectivity index (χ1v) is 16.3. The molecule has 1 nitrogen and oxygen atoms in total. The molecule has 9 rings (SSSR count). The summed E-state index contributed by atoms with van der Waals surface area (Å²) in [6, 6.07) is 51.9. The van der Waals surface area contributed by atoms with Crippen LogP contribution in [0.2, 0.25) is 0 Å². The number of hydrogen-bond acceptors (Lipinski definition) is 1. The lowest BCUT2D eigenvalue weighted by Gasteiger charge is -2.28. The molecule has 8 aromatic rings. The van der Waals surface area contributed by atoms with Gasteiger partial charge in [0.2, 0.25) is 0 Å². The summed E-state index contributed by atoms with van der Waals surface area (Å²) in [4.78, 5) is 2.40. The van der Waals surface area contributed by atoms with Crippen molar-refractivity contribution in [1.29, 1.82) is 0 Å². The van der Waals surface area contributed by atoms with Gasteiger partial charge in [0.15, 0.2) is 0 Å². The first-order chi connectivity index (χ1) is 22.4. The zero-order valence-corrected chi connectivity index (χ0v) is 26.7. The fraction of sp³-hybridized carbons (Fsp3) is 0.111. The standard InChI is InChI=1S/C45H35N/c1-28-13-11-15-30(25-28)46(31-16-12-14-29(2)26-31)32-23-24-37-39(27-32)33-17-5-6-18-34(33)43-41(37)35-19-7-8-20-36(35)42-38-21-9-10-22-40(38)45(3,4)44(42)43/h5-27H,1-4H3. The van der Waals surface area contributed by atoms with Gasteiger partial charge in [0.25, 0.3) is 0 Å². The molecule has 0 amide bonds. The van der Waals surface area contributed by atoms with E-state index in [0.717, 1.165) is 17.1 Å². The predicted octanol–water partition coefficient (Wildman–Crippen LogP) is 12.7. The molecule has 0 aliphatic heterocycles. The Hall–Kier alpha value is -5.40. The fourth-order valence-corrected chi connectivity index (χ4v) is 8.30. The van der Waals surface area contributed by atoms with E-state index in [2.05, 4.69) is 172 Å². The summed E-state index contributed by atoms with van der Waals surface area (Å²) in [5.41, 5.74) is 11.5. The molecule has 0 radical (unpaired) electrons. The third-order valence-electron chi connectivity index (χ3n) is 10.2. The SMILES string of the molecule is Cc1cccc(N(c2cccc(C)c2)c2ccc3c(c2)c2ccccc2c2c4c(c5ccccc5c32)-c2ccccc2C4(C)C)c1. The van der Waals surface area contributed by atoms with Crippen LogP contribution in [0.25, 0.3) is 54.2 Å². The summed E-state index contributed by atoms with van der Waals surface area (Å²) in [5, 5.41) is 10.6. The Morgan fingerprint density at radius 2 is 0.978 bits per heavy atom. The second kappa shape index (κ2) is 9.80. The maximum absolute atomic E-state index is 2.42. The highest BCUT2D eigenvalue weighted by Crippen LogP contribution is 2.57. The first kappa shape index (κ1) is 27.0. The van der Waals surface area contributed by atoms with Crippen LogP contribution in [0.15, 0.2) is 140 Å². The van der Waals surface area contributed by atoms with Crippen LogP contribution in [0.4, 0.5) is 17.1 Å². The molecule has 0 saturated heterocycles. The summed E-state index contributed by atoms with van der Waals surface area (Å²) >= 11 is 0. The van der Waals surface area contributed by atoms with Crippen molar-refractivity contribution >= 4 is 60.2 Å². The molecule has 0 saturated carbocycles. The normalized spacial score (nSPS) is 13.4. The van der Waals surface area contributed by atoms with Gasteiger partial charge in [-0.25, -0.2) is 0 Å². The average molecular weight is 590 g/mol. The lowest BCUT2D eigenvalue weighted by molar-refractivity contribution is 0.667. The minimum absolute atomic E-state index is 0.127. The van der Waals surface area contributed by atoms with Gasteiger partial charge in [-0.05, 0) is 127 Å². The molecule has 0 spiro atoms. The number of aryl methyl sites for hydroxylation is 2. The molecule has 0 unspecified atom stereocenters. The van der Waals surface area contributed by atoms with Crippen LogP contribution in [0.5, 0.6) is 0 Å². The molecule has 0 bridgehead atoms. The van der Waals surface area contributed by atoms with Crippen LogP contribution in [0.3, 0.4) is 0 Å².